The lowest BCUT2D eigenvalue weighted by molar-refractivity contribution is -0.135. The van der Waals surface area contributed by atoms with Gasteiger partial charge in [0, 0.05) is 31.2 Å². The molecule has 124 valence electrons. The molecule has 1 aromatic heterocycles. The monoisotopic (exact) mass is 333 g/mol. The Kier molecular flexibility index (Phi) is 5.10. The number of nitrogens with one attached hydrogen (secondary N) is 2. The van der Waals surface area contributed by atoms with Crippen molar-refractivity contribution in [1.29, 1.82) is 0 Å². The van der Waals surface area contributed by atoms with Gasteiger partial charge in [-0.05, 0) is 31.4 Å². The van der Waals surface area contributed by atoms with Gasteiger partial charge in [-0.2, -0.15) is 0 Å². The molecule has 1 aromatic rings. The second-order valence-electron chi connectivity index (χ2n) is 6.49. The lowest BCUT2D eigenvalue weighted by Gasteiger charge is -2.26. The summed E-state index contributed by atoms with van der Waals surface area (Å²) in [6, 6.07) is 3.50. The van der Waals surface area contributed by atoms with Crippen LogP contribution in [-0.2, 0) is 4.79 Å². The number of pyridine rings is 1. The van der Waals surface area contributed by atoms with Crippen LogP contribution in [0.3, 0.4) is 0 Å². The zero-order valence-electron chi connectivity index (χ0n) is 13.2. The number of H-pyrrole nitrogens is 1. The van der Waals surface area contributed by atoms with E-state index in [0.717, 1.165) is 38.6 Å². The van der Waals surface area contributed by atoms with Crippen LogP contribution in [-0.4, -0.2) is 40.8 Å². The first-order valence-electron chi connectivity index (χ1n) is 8.42. The molecule has 1 atom stereocenters. The van der Waals surface area contributed by atoms with E-state index in [0.29, 0.717) is 16.7 Å². The maximum atomic E-state index is 12.5. The molecule has 2 heterocycles. The number of likely N-dealkylation sites (tertiary alicyclic amines) is 1. The Morgan fingerprint density at radius 1 is 1.22 bits per heavy atom. The van der Waals surface area contributed by atoms with E-state index in [2.05, 4.69) is 10.3 Å². The molecule has 1 saturated carbocycles. The first-order valence-corrected chi connectivity index (χ1v) is 8.83. The van der Waals surface area contributed by atoms with Crippen LogP contribution in [0.4, 0.5) is 0 Å². The second-order valence-corrected chi connectivity index (χ2v) is 6.90. The summed E-state index contributed by atoms with van der Waals surface area (Å²) in [6.07, 6.45) is 8.14. The zero-order chi connectivity index (χ0) is 16.2. The number of aromatic nitrogens is 1. The molecule has 1 saturated heterocycles. The minimum atomic E-state index is -0.163. The van der Waals surface area contributed by atoms with Crippen LogP contribution in [0.25, 0.3) is 0 Å². The van der Waals surface area contributed by atoms with Gasteiger partial charge >= 0.3 is 0 Å². The maximum absolute atomic E-state index is 12.5. The lowest BCUT2D eigenvalue weighted by atomic mass is 9.88. The highest BCUT2D eigenvalue weighted by Crippen LogP contribution is 2.26. The predicted octanol–water partition coefficient (Wildman–Crippen LogP) is 2.66. The van der Waals surface area contributed by atoms with E-state index in [1.807, 2.05) is 4.90 Å². The van der Waals surface area contributed by atoms with Gasteiger partial charge in [-0.1, -0.05) is 31.5 Å². The first kappa shape index (κ1) is 16.2. The summed E-state index contributed by atoms with van der Waals surface area (Å²) >= 11 is 5.14. The quantitative estimate of drug-likeness (QED) is 0.836. The van der Waals surface area contributed by atoms with E-state index >= 15 is 0 Å². The molecule has 3 rings (SSSR count). The zero-order valence-corrected chi connectivity index (χ0v) is 14.0. The van der Waals surface area contributed by atoms with E-state index in [1.165, 1.54) is 6.42 Å². The smallest absolute Gasteiger partial charge is 0.254 e. The molecule has 0 spiro atoms. The van der Waals surface area contributed by atoms with Gasteiger partial charge in [0.2, 0.25) is 5.91 Å². The van der Waals surface area contributed by atoms with E-state index < -0.39 is 0 Å². The summed E-state index contributed by atoms with van der Waals surface area (Å²) in [6.45, 7) is 1.35. The molecular formula is C17H23N3O2S. The fourth-order valence-corrected chi connectivity index (χ4v) is 3.78. The van der Waals surface area contributed by atoms with Crippen molar-refractivity contribution in [2.75, 3.05) is 13.1 Å². The minimum absolute atomic E-state index is 0.0182. The van der Waals surface area contributed by atoms with E-state index in [4.69, 9.17) is 12.2 Å². The van der Waals surface area contributed by atoms with Crippen molar-refractivity contribution in [3.8, 4) is 0 Å². The number of aromatic amines is 1. The third kappa shape index (κ3) is 3.80. The third-order valence-electron chi connectivity index (χ3n) is 4.85. The van der Waals surface area contributed by atoms with Crippen LogP contribution in [0.1, 0.15) is 48.9 Å². The highest BCUT2D eigenvalue weighted by atomic mass is 32.1. The van der Waals surface area contributed by atoms with Crippen LogP contribution in [0.15, 0.2) is 18.3 Å². The number of amides is 2. The molecule has 2 aliphatic rings. The predicted molar refractivity (Wildman–Crippen MR) is 90.7 cm³/mol. The standard InChI is InChI=1S/C17H23N3O2S/c21-15(14-7-4-9-18-16(14)23)19-13-8-10-20(11-13)17(22)12-5-2-1-3-6-12/h4,7,9,12-13H,1-3,5-6,8,10-11H2,(H,18,23)(H,19,21)/t13-/m0/s1. The average molecular weight is 333 g/mol. The summed E-state index contributed by atoms with van der Waals surface area (Å²) in [5.41, 5.74) is 0.486. The summed E-state index contributed by atoms with van der Waals surface area (Å²) in [7, 11) is 0. The molecule has 0 unspecified atom stereocenters. The topological polar surface area (TPSA) is 65.2 Å². The number of nitrogens with zero attached hydrogens (tertiary/aromatic N) is 1. The second kappa shape index (κ2) is 7.25. The SMILES string of the molecule is O=C(N[C@H]1CCN(C(=O)C2CCCCC2)C1)c1ccc[nH]c1=S. The van der Waals surface area contributed by atoms with Gasteiger partial charge in [0.15, 0.2) is 0 Å². The number of carbonyl (C=O) groups excluding carboxylic acids is 2. The van der Waals surface area contributed by atoms with Crippen molar-refractivity contribution in [2.24, 2.45) is 5.92 Å². The van der Waals surface area contributed by atoms with Crippen molar-refractivity contribution in [3.05, 3.63) is 28.5 Å². The molecule has 0 aromatic carbocycles. The molecule has 2 fully saturated rings. The third-order valence-corrected chi connectivity index (χ3v) is 5.19. The van der Waals surface area contributed by atoms with Crippen molar-refractivity contribution in [2.45, 2.75) is 44.6 Å². The van der Waals surface area contributed by atoms with Gasteiger partial charge < -0.3 is 15.2 Å². The van der Waals surface area contributed by atoms with Crippen LogP contribution in [0.5, 0.6) is 0 Å². The van der Waals surface area contributed by atoms with Gasteiger partial charge in [0.25, 0.3) is 5.91 Å². The minimum Gasteiger partial charge on any atom is -0.352 e. The Balaban J connectivity index is 1.55. The van der Waals surface area contributed by atoms with E-state index in [9.17, 15) is 9.59 Å². The average Bonchev–Trinajstić information content (AvgIpc) is 3.03. The summed E-state index contributed by atoms with van der Waals surface area (Å²) in [5, 5.41) is 3.00. The molecule has 2 N–H and O–H groups in total. The van der Waals surface area contributed by atoms with Crippen LogP contribution in [0, 0.1) is 10.6 Å². The molecule has 1 aliphatic heterocycles. The Labute approximate surface area is 141 Å². The van der Waals surface area contributed by atoms with Crippen molar-refractivity contribution >= 4 is 24.0 Å². The highest BCUT2D eigenvalue weighted by Gasteiger charge is 2.32. The number of hydrogen-bond donors (Lipinski definition) is 2. The van der Waals surface area contributed by atoms with E-state index in [-0.39, 0.29) is 23.8 Å². The largest absolute Gasteiger partial charge is 0.352 e. The highest BCUT2D eigenvalue weighted by molar-refractivity contribution is 7.71. The summed E-state index contributed by atoms with van der Waals surface area (Å²) < 4.78 is 0.443. The molecule has 5 nitrogen and oxygen atoms in total. The Morgan fingerprint density at radius 2 is 2.00 bits per heavy atom. The summed E-state index contributed by atoms with van der Waals surface area (Å²) in [5.74, 6) is 0.309. The molecular weight excluding hydrogens is 310 g/mol. The van der Waals surface area contributed by atoms with Crippen LogP contribution < -0.4 is 5.32 Å². The Morgan fingerprint density at radius 3 is 2.74 bits per heavy atom. The van der Waals surface area contributed by atoms with Gasteiger partial charge in [-0.25, -0.2) is 0 Å². The molecule has 0 bridgehead atoms. The molecule has 6 heteroatoms. The van der Waals surface area contributed by atoms with Gasteiger partial charge in [0.1, 0.15) is 4.64 Å². The number of carbonyl (C=O) groups is 2. The van der Waals surface area contributed by atoms with Gasteiger partial charge in [0.05, 0.1) is 5.56 Å². The summed E-state index contributed by atoms with van der Waals surface area (Å²) in [4.78, 5) is 29.6. The van der Waals surface area contributed by atoms with E-state index in [1.54, 1.807) is 18.3 Å². The number of hydrogen-bond acceptors (Lipinski definition) is 3. The fourth-order valence-electron chi connectivity index (χ4n) is 3.55. The molecule has 0 radical (unpaired) electrons. The number of rotatable bonds is 3. The molecule has 2 amide bonds. The normalized spacial score (nSPS) is 22.1. The molecule has 1 aliphatic carbocycles. The van der Waals surface area contributed by atoms with Crippen molar-refractivity contribution in [3.63, 3.8) is 0 Å². The van der Waals surface area contributed by atoms with Crippen LogP contribution in [0.2, 0.25) is 0 Å². The fraction of sp³-hybridized carbons (Fsp3) is 0.588. The maximum Gasteiger partial charge on any atom is 0.254 e. The lowest BCUT2D eigenvalue weighted by Crippen LogP contribution is -2.40. The van der Waals surface area contributed by atoms with Crippen molar-refractivity contribution < 1.29 is 9.59 Å². The van der Waals surface area contributed by atoms with Crippen LogP contribution >= 0.6 is 12.2 Å². The first-order chi connectivity index (χ1) is 11.1. The Bertz CT molecular complexity index is 637. The van der Waals surface area contributed by atoms with Gasteiger partial charge in [-0.3, -0.25) is 9.59 Å². The van der Waals surface area contributed by atoms with Crippen molar-refractivity contribution in [1.82, 2.24) is 15.2 Å². The molecule has 23 heavy (non-hydrogen) atoms. The van der Waals surface area contributed by atoms with Gasteiger partial charge in [-0.15, -0.1) is 0 Å². The Hall–Kier alpha value is -1.69.